The number of aliphatic hydroxyl groups excluding tert-OH is 1. The zero-order valence-corrected chi connectivity index (χ0v) is 18.3. The summed E-state index contributed by atoms with van der Waals surface area (Å²) in [6, 6.07) is 0.250. The summed E-state index contributed by atoms with van der Waals surface area (Å²) in [5.41, 5.74) is 1.72. The van der Waals surface area contributed by atoms with Crippen molar-refractivity contribution in [2.24, 2.45) is 28.6 Å². The van der Waals surface area contributed by atoms with Crippen molar-refractivity contribution in [2.75, 3.05) is 20.1 Å². The van der Waals surface area contributed by atoms with Crippen molar-refractivity contribution < 1.29 is 14.4 Å². The van der Waals surface area contributed by atoms with Crippen LogP contribution < -0.4 is 0 Å². The molecule has 156 valence electrons. The summed E-state index contributed by atoms with van der Waals surface area (Å²) >= 11 is 0. The highest BCUT2D eigenvalue weighted by Gasteiger charge is 2.64. The van der Waals surface area contributed by atoms with Gasteiger partial charge in [-0.25, -0.2) is 0 Å². The maximum atomic E-state index is 13.8. The zero-order valence-electron chi connectivity index (χ0n) is 18.3. The molecule has 3 saturated carbocycles. The van der Waals surface area contributed by atoms with Crippen LogP contribution in [-0.4, -0.2) is 47.7 Å². The van der Waals surface area contributed by atoms with Crippen molar-refractivity contribution in [1.29, 1.82) is 0 Å². The van der Waals surface area contributed by atoms with Gasteiger partial charge in [0.1, 0.15) is 6.04 Å². The number of Topliss-reactive ketones (excluding diaryl/α,β-unsaturated/α-hetero) is 1. The van der Waals surface area contributed by atoms with E-state index in [2.05, 4.69) is 27.0 Å². The summed E-state index contributed by atoms with van der Waals surface area (Å²) in [5.74, 6) is 2.57. The van der Waals surface area contributed by atoms with Crippen molar-refractivity contribution in [2.45, 2.75) is 90.2 Å². The predicted octanol–water partition coefficient (Wildman–Crippen LogP) is 4.49. The van der Waals surface area contributed by atoms with Crippen LogP contribution in [-0.2, 0) is 4.79 Å². The third-order valence-electron chi connectivity index (χ3n) is 10.4. The second kappa shape index (κ2) is 6.41. The fraction of sp³-hybridized carbons (Fsp3) is 0.880. The van der Waals surface area contributed by atoms with Gasteiger partial charge in [-0.05, 0) is 81.0 Å². The Labute approximate surface area is 171 Å². The van der Waals surface area contributed by atoms with E-state index in [9.17, 15) is 9.90 Å². The number of ketones is 1. The molecule has 3 heteroatoms. The lowest BCUT2D eigenvalue weighted by atomic mass is 9.48. The van der Waals surface area contributed by atoms with Gasteiger partial charge in [0, 0.05) is 11.8 Å². The van der Waals surface area contributed by atoms with Crippen LogP contribution in [0.4, 0.5) is 0 Å². The lowest BCUT2D eigenvalue weighted by Crippen LogP contribution is -2.57. The van der Waals surface area contributed by atoms with Crippen LogP contribution in [0.1, 0.15) is 78.1 Å². The number of fused-ring (bicyclic) bond motifs is 5. The summed E-state index contributed by atoms with van der Waals surface area (Å²) in [7, 11) is 2.38. The summed E-state index contributed by atoms with van der Waals surface area (Å²) in [6.45, 7) is 7.22. The van der Waals surface area contributed by atoms with Gasteiger partial charge in [0.15, 0.2) is 5.78 Å². The van der Waals surface area contributed by atoms with E-state index < -0.39 is 0 Å². The molecule has 1 N–H and O–H groups in total. The summed E-state index contributed by atoms with van der Waals surface area (Å²) in [4.78, 5) is 13.8. The SMILES string of the molecule is C[C@]12CC[C@H](O)CC1=CC[C@@H]1[C@@H]2CC[C@]2(C)C(=O)[C@@H]([N+]3(C)CCCCC3)C[C@@H]12. The molecule has 4 aliphatic carbocycles. The largest absolute Gasteiger partial charge is 0.393 e. The van der Waals surface area contributed by atoms with E-state index in [-0.39, 0.29) is 23.0 Å². The van der Waals surface area contributed by atoms with Crippen LogP contribution in [0.3, 0.4) is 0 Å². The van der Waals surface area contributed by atoms with Crippen LogP contribution in [0.5, 0.6) is 0 Å². The molecule has 3 nitrogen and oxygen atoms in total. The number of rotatable bonds is 1. The fourth-order valence-corrected chi connectivity index (χ4v) is 8.51. The summed E-state index contributed by atoms with van der Waals surface area (Å²) < 4.78 is 1.02. The Bertz CT molecular complexity index is 693. The third-order valence-corrected chi connectivity index (χ3v) is 10.4. The minimum absolute atomic E-state index is 0.0829. The highest BCUT2D eigenvalue weighted by Crippen LogP contribution is 2.64. The van der Waals surface area contributed by atoms with Gasteiger partial charge >= 0.3 is 0 Å². The Balaban J connectivity index is 1.46. The maximum absolute atomic E-state index is 13.8. The highest BCUT2D eigenvalue weighted by atomic mass is 16.3. The van der Waals surface area contributed by atoms with E-state index in [1.165, 1.54) is 44.3 Å². The van der Waals surface area contributed by atoms with Crippen molar-refractivity contribution >= 4 is 5.78 Å². The minimum atomic E-state index is -0.134. The van der Waals surface area contributed by atoms with Gasteiger partial charge in [-0.1, -0.05) is 25.5 Å². The number of likely N-dealkylation sites (tertiary alicyclic amines) is 1. The monoisotopic (exact) mass is 386 g/mol. The normalized spacial score (nSPS) is 50.4. The van der Waals surface area contributed by atoms with E-state index >= 15 is 0 Å². The lowest BCUT2D eigenvalue weighted by Gasteiger charge is -2.56. The molecular weight excluding hydrogens is 346 g/mol. The van der Waals surface area contributed by atoms with Crippen molar-refractivity contribution in [3.05, 3.63) is 11.6 Å². The van der Waals surface area contributed by atoms with E-state index in [1.54, 1.807) is 0 Å². The number of carbonyl (C=O) groups excluding carboxylic acids is 1. The van der Waals surface area contributed by atoms with Gasteiger partial charge in [-0.15, -0.1) is 0 Å². The van der Waals surface area contributed by atoms with Crippen LogP contribution >= 0.6 is 0 Å². The lowest BCUT2D eigenvalue weighted by molar-refractivity contribution is -0.928. The molecule has 0 aromatic carbocycles. The average molecular weight is 387 g/mol. The molecule has 4 fully saturated rings. The number of nitrogens with zero attached hydrogens (tertiary/aromatic N) is 1. The molecule has 1 saturated heterocycles. The van der Waals surface area contributed by atoms with Gasteiger partial charge in [0.2, 0.25) is 0 Å². The van der Waals surface area contributed by atoms with Crippen LogP contribution in [0.2, 0.25) is 0 Å². The van der Waals surface area contributed by atoms with Crippen LogP contribution in [0, 0.1) is 28.6 Å². The van der Waals surface area contributed by atoms with E-state index in [0.717, 1.165) is 48.9 Å². The molecule has 0 radical (unpaired) electrons. The summed E-state index contributed by atoms with van der Waals surface area (Å²) in [6.07, 6.45) is 13.8. The Hall–Kier alpha value is -0.670. The quantitative estimate of drug-likeness (QED) is 0.533. The first-order valence-electron chi connectivity index (χ1n) is 12.0. The molecule has 0 bridgehead atoms. The van der Waals surface area contributed by atoms with Gasteiger partial charge < -0.3 is 9.59 Å². The Morgan fingerprint density at radius 3 is 2.50 bits per heavy atom. The Kier molecular flexibility index (Phi) is 4.42. The first kappa shape index (κ1) is 19.3. The molecule has 1 heterocycles. The number of carbonyl (C=O) groups is 1. The molecular formula is C25H40NO2+. The number of likely N-dealkylation sites (N-methyl/N-ethyl adjacent to an activating group) is 1. The van der Waals surface area contributed by atoms with E-state index in [4.69, 9.17) is 0 Å². The van der Waals surface area contributed by atoms with Crippen molar-refractivity contribution in [3.8, 4) is 0 Å². The number of allylic oxidation sites excluding steroid dienone is 1. The molecule has 5 rings (SSSR count). The van der Waals surface area contributed by atoms with Gasteiger partial charge in [0.05, 0.1) is 26.2 Å². The smallest absolute Gasteiger partial charge is 0.196 e. The number of quaternary nitrogens is 1. The number of hydrogen-bond donors (Lipinski definition) is 1. The molecule has 1 aliphatic heterocycles. The molecule has 5 aliphatic rings. The molecule has 0 aromatic rings. The highest BCUT2D eigenvalue weighted by molar-refractivity contribution is 5.91. The second-order valence-corrected chi connectivity index (χ2v) is 11.7. The van der Waals surface area contributed by atoms with Gasteiger partial charge in [-0.2, -0.15) is 0 Å². The van der Waals surface area contributed by atoms with Gasteiger partial charge in [-0.3, -0.25) is 4.79 Å². The topological polar surface area (TPSA) is 37.3 Å². The van der Waals surface area contributed by atoms with Gasteiger partial charge in [0.25, 0.3) is 0 Å². The standard InChI is InChI=1S/C25H40NO2/c1-24-11-9-18(27)15-17(24)7-8-19-20(24)10-12-25(2)21(19)16-22(23(25)28)26(3)13-5-4-6-14-26/h7,18-22,27H,4-6,8-16H2,1-3H3/q+1/t18-,19+,20-,21-,22-,24-,25-/m0/s1. The van der Waals surface area contributed by atoms with E-state index in [0.29, 0.717) is 17.6 Å². The molecule has 0 amide bonds. The number of aliphatic hydroxyl groups is 1. The Morgan fingerprint density at radius 2 is 1.75 bits per heavy atom. The number of hydrogen-bond acceptors (Lipinski definition) is 2. The molecule has 0 spiro atoms. The predicted molar refractivity (Wildman–Crippen MR) is 112 cm³/mol. The molecule has 7 atom stereocenters. The molecule has 0 unspecified atom stereocenters. The fourth-order valence-electron chi connectivity index (χ4n) is 8.51. The van der Waals surface area contributed by atoms with Crippen LogP contribution in [0.15, 0.2) is 11.6 Å². The van der Waals surface area contributed by atoms with Crippen molar-refractivity contribution in [3.63, 3.8) is 0 Å². The molecule has 28 heavy (non-hydrogen) atoms. The first-order valence-corrected chi connectivity index (χ1v) is 12.0. The minimum Gasteiger partial charge on any atom is -0.393 e. The Morgan fingerprint density at radius 1 is 1.04 bits per heavy atom. The second-order valence-electron chi connectivity index (χ2n) is 11.7. The zero-order chi connectivity index (χ0) is 19.7. The number of piperidine rings is 1. The maximum Gasteiger partial charge on any atom is 0.196 e. The average Bonchev–Trinajstić information content (AvgIpc) is 2.95. The van der Waals surface area contributed by atoms with E-state index in [1.807, 2.05) is 0 Å². The van der Waals surface area contributed by atoms with Crippen LogP contribution in [0.25, 0.3) is 0 Å². The first-order chi connectivity index (χ1) is 13.3. The summed E-state index contributed by atoms with van der Waals surface area (Å²) in [5, 5.41) is 10.2. The van der Waals surface area contributed by atoms with Crippen molar-refractivity contribution in [1.82, 2.24) is 0 Å². The third kappa shape index (κ3) is 2.57. The molecule has 0 aromatic heterocycles.